The highest BCUT2D eigenvalue weighted by Crippen LogP contribution is 2.29. The Balaban J connectivity index is 2.46. The van der Waals surface area contributed by atoms with Crippen LogP contribution in [0, 0.1) is 13.8 Å². The van der Waals surface area contributed by atoms with E-state index in [9.17, 15) is 8.42 Å². The average molecular weight is 346 g/mol. The molecule has 3 N–H and O–H groups in total. The quantitative estimate of drug-likeness (QED) is 0.659. The molecule has 8 heteroatoms. The molecule has 1 heterocycles. The molecule has 0 aliphatic heterocycles. The summed E-state index contributed by atoms with van der Waals surface area (Å²) in [5.41, 5.74) is 7.47. The van der Waals surface area contributed by atoms with Gasteiger partial charge in [0.05, 0.1) is 21.3 Å². The van der Waals surface area contributed by atoms with Gasteiger partial charge in [0.15, 0.2) is 5.15 Å². The van der Waals surface area contributed by atoms with Gasteiger partial charge in [-0.15, -0.1) is 0 Å². The summed E-state index contributed by atoms with van der Waals surface area (Å²) in [6, 6.07) is 4.34. The number of hydrogen-bond donors (Lipinski definition) is 2. The van der Waals surface area contributed by atoms with Crippen LogP contribution in [-0.4, -0.2) is 13.4 Å². The summed E-state index contributed by atoms with van der Waals surface area (Å²) < 4.78 is 27.2. The van der Waals surface area contributed by atoms with Crippen molar-refractivity contribution in [3.05, 3.63) is 45.7 Å². The maximum atomic E-state index is 12.4. The minimum Gasteiger partial charge on any atom is -0.397 e. The van der Waals surface area contributed by atoms with Gasteiger partial charge in [0.2, 0.25) is 0 Å². The van der Waals surface area contributed by atoms with E-state index in [0.717, 1.165) is 5.56 Å². The third-order valence-electron chi connectivity index (χ3n) is 2.79. The summed E-state index contributed by atoms with van der Waals surface area (Å²) in [4.78, 5) is 3.91. The molecule has 2 rings (SSSR count). The number of nitrogens with two attached hydrogens (primary N) is 1. The van der Waals surface area contributed by atoms with Crippen molar-refractivity contribution in [2.24, 2.45) is 0 Å². The number of aryl methyl sites for hydroxylation is 2. The van der Waals surface area contributed by atoms with E-state index < -0.39 is 10.0 Å². The lowest BCUT2D eigenvalue weighted by Gasteiger charge is -2.12. The van der Waals surface area contributed by atoms with Crippen molar-refractivity contribution in [2.75, 3.05) is 10.5 Å². The van der Waals surface area contributed by atoms with Crippen LogP contribution in [-0.2, 0) is 10.0 Å². The third kappa shape index (κ3) is 3.40. The molecule has 0 amide bonds. The average Bonchev–Trinajstić information content (AvgIpc) is 2.39. The fourth-order valence-corrected chi connectivity index (χ4v) is 3.24. The van der Waals surface area contributed by atoms with Crippen LogP contribution in [0.2, 0.25) is 10.2 Å². The number of sulfonamides is 1. The van der Waals surface area contributed by atoms with Crippen molar-refractivity contribution in [1.29, 1.82) is 0 Å². The molecule has 0 aliphatic carbocycles. The number of benzene rings is 1. The third-order valence-corrected chi connectivity index (χ3v) is 4.95. The van der Waals surface area contributed by atoms with Gasteiger partial charge in [0.1, 0.15) is 0 Å². The van der Waals surface area contributed by atoms with Crippen LogP contribution in [0.3, 0.4) is 0 Å². The highest BCUT2D eigenvalue weighted by Gasteiger charge is 2.18. The van der Waals surface area contributed by atoms with Gasteiger partial charge >= 0.3 is 0 Å². The summed E-state index contributed by atoms with van der Waals surface area (Å²) in [6.45, 7) is 3.46. The van der Waals surface area contributed by atoms with E-state index in [0.29, 0.717) is 10.6 Å². The minimum atomic E-state index is -3.83. The maximum Gasteiger partial charge on any atom is 0.262 e. The van der Waals surface area contributed by atoms with E-state index >= 15 is 0 Å². The van der Waals surface area contributed by atoms with E-state index in [1.807, 2.05) is 0 Å². The maximum absolute atomic E-state index is 12.4. The summed E-state index contributed by atoms with van der Waals surface area (Å²) in [5, 5.41) is 0.409. The number of hydrogen-bond acceptors (Lipinski definition) is 4. The van der Waals surface area contributed by atoms with Crippen molar-refractivity contribution in [3.8, 4) is 0 Å². The predicted octanol–water partition coefficient (Wildman–Crippen LogP) is 3.39. The highest BCUT2D eigenvalue weighted by atomic mass is 35.5. The van der Waals surface area contributed by atoms with Crippen LogP contribution >= 0.6 is 23.2 Å². The van der Waals surface area contributed by atoms with Gasteiger partial charge in [0.25, 0.3) is 10.0 Å². The topological polar surface area (TPSA) is 85.1 Å². The van der Waals surface area contributed by atoms with Crippen molar-refractivity contribution in [2.45, 2.75) is 18.7 Å². The van der Waals surface area contributed by atoms with E-state index in [4.69, 9.17) is 28.9 Å². The number of nitrogen functional groups attached to an aromatic ring is 1. The van der Waals surface area contributed by atoms with Crippen LogP contribution in [0.4, 0.5) is 11.4 Å². The zero-order chi connectivity index (χ0) is 15.8. The number of halogens is 2. The number of aromatic nitrogens is 1. The second-order valence-corrected chi connectivity index (χ2v) is 7.02. The Morgan fingerprint density at radius 1 is 1.19 bits per heavy atom. The summed E-state index contributed by atoms with van der Waals surface area (Å²) >= 11 is 11.8. The smallest absolute Gasteiger partial charge is 0.262 e. The molecule has 0 saturated carbocycles. The number of nitrogens with zero attached hydrogens (tertiary/aromatic N) is 1. The van der Waals surface area contributed by atoms with Crippen molar-refractivity contribution < 1.29 is 8.42 Å². The van der Waals surface area contributed by atoms with E-state index in [2.05, 4.69) is 9.71 Å². The molecule has 0 spiro atoms. The van der Waals surface area contributed by atoms with Crippen molar-refractivity contribution in [3.63, 3.8) is 0 Å². The normalized spacial score (nSPS) is 11.4. The first-order valence-electron chi connectivity index (χ1n) is 5.91. The van der Waals surface area contributed by atoms with E-state index in [1.165, 1.54) is 12.1 Å². The monoisotopic (exact) mass is 345 g/mol. The number of anilines is 2. The zero-order valence-electron chi connectivity index (χ0n) is 11.3. The first-order valence-corrected chi connectivity index (χ1v) is 8.15. The fourth-order valence-electron chi connectivity index (χ4n) is 1.75. The number of nitrogens with one attached hydrogen (secondary N) is 1. The number of pyridine rings is 1. The zero-order valence-corrected chi connectivity index (χ0v) is 13.6. The van der Waals surface area contributed by atoms with Crippen LogP contribution in [0.5, 0.6) is 0 Å². The predicted molar refractivity (Wildman–Crippen MR) is 85.4 cm³/mol. The van der Waals surface area contributed by atoms with Gasteiger partial charge < -0.3 is 5.73 Å². The lowest BCUT2D eigenvalue weighted by molar-refractivity contribution is 0.601. The Morgan fingerprint density at radius 3 is 2.48 bits per heavy atom. The standard InChI is InChI=1S/C13H13Cl2N3O2S/c1-7-3-11(13(15)17-6-7)18-21(19,20)9-4-8(2)12(14)10(16)5-9/h3-6,18H,16H2,1-2H3. The van der Waals surface area contributed by atoms with Gasteiger partial charge in [-0.25, -0.2) is 13.4 Å². The Hall–Kier alpha value is -1.50. The molecule has 2 aromatic rings. The summed E-state index contributed by atoms with van der Waals surface area (Å²) in [7, 11) is -3.83. The lowest BCUT2D eigenvalue weighted by Crippen LogP contribution is -2.14. The van der Waals surface area contributed by atoms with Crippen molar-refractivity contribution in [1.82, 2.24) is 4.98 Å². The largest absolute Gasteiger partial charge is 0.397 e. The number of rotatable bonds is 3. The molecule has 0 aliphatic rings. The molecular weight excluding hydrogens is 333 g/mol. The molecule has 0 unspecified atom stereocenters. The molecule has 0 atom stereocenters. The van der Waals surface area contributed by atoms with E-state index in [1.54, 1.807) is 26.1 Å². The Morgan fingerprint density at radius 2 is 1.86 bits per heavy atom. The molecule has 0 fully saturated rings. The Labute approximate surface area is 133 Å². The van der Waals surface area contributed by atoms with Gasteiger partial charge in [0, 0.05) is 6.20 Å². The Kier molecular flexibility index (Phi) is 4.32. The molecule has 1 aromatic carbocycles. The van der Waals surface area contributed by atoms with Gasteiger partial charge in [-0.1, -0.05) is 23.2 Å². The Bertz CT molecular complexity index is 784. The molecule has 21 heavy (non-hydrogen) atoms. The molecule has 0 saturated heterocycles. The first kappa shape index (κ1) is 15.9. The van der Waals surface area contributed by atoms with Gasteiger partial charge in [-0.05, 0) is 43.2 Å². The molecule has 5 nitrogen and oxygen atoms in total. The van der Waals surface area contributed by atoms with Crippen LogP contribution < -0.4 is 10.5 Å². The van der Waals surface area contributed by atoms with Crippen molar-refractivity contribution >= 4 is 44.6 Å². The van der Waals surface area contributed by atoms with Gasteiger partial charge in [-0.2, -0.15) is 0 Å². The minimum absolute atomic E-state index is 0.0134. The first-order chi connectivity index (χ1) is 9.70. The van der Waals surface area contributed by atoms with Crippen LogP contribution in [0.15, 0.2) is 29.3 Å². The summed E-state index contributed by atoms with van der Waals surface area (Å²) in [5.74, 6) is 0. The molecule has 112 valence electrons. The van der Waals surface area contributed by atoms with E-state index in [-0.39, 0.29) is 21.4 Å². The SMILES string of the molecule is Cc1cnc(Cl)c(NS(=O)(=O)c2cc(C)c(Cl)c(N)c2)c1. The van der Waals surface area contributed by atoms with Crippen LogP contribution in [0.25, 0.3) is 0 Å². The molecule has 1 aromatic heterocycles. The second-order valence-electron chi connectivity index (χ2n) is 4.60. The van der Waals surface area contributed by atoms with Gasteiger partial charge in [-0.3, -0.25) is 4.72 Å². The summed E-state index contributed by atoms with van der Waals surface area (Å²) in [6.07, 6.45) is 1.55. The van der Waals surface area contributed by atoms with Crippen LogP contribution in [0.1, 0.15) is 11.1 Å². The highest BCUT2D eigenvalue weighted by molar-refractivity contribution is 7.92. The second kappa shape index (κ2) is 5.71. The molecule has 0 radical (unpaired) electrons. The fraction of sp³-hybridized carbons (Fsp3) is 0.154. The molecule has 0 bridgehead atoms. The molecular formula is C13H13Cl2N3O2S. The lowest BCUT2D eigenvalue weighted by atomic mass is 10.2.